The molecule has 2 aliphatic heterocycles. The smallest absolute Gasteiger partial charge is 0.407 e. The fraction of sp³-hybridized carbons (Fsp3) is 0.438. The van der Waals surface area contributed by atoms with Crippen molar-refractivity contribution in [1.29, 1.82) is 0 Å². The first-order chi connectivity index (χ1) is 9.97. The molecule has 0 aliphatic carbocycles. The van der Waals surface area contributed by atoms with Crippen LogP contribution in [0.3, 0.4) is 0 Å². The Labute approximate surface area is 122 Å². The van der Waals surface area contributed by atoms with Gasteiger partial charge < -0.3 is 15.1 Å². The van der Waals surface area contributed by atoms with E-state index in [1.54, 1.807) is 12.1 Å². The lowest BCUT2D eigenvalue weighted by atomic mass is 9.86. The van der Waals surface area contributed by atoms with E-state index in [1.807, 2.05) is 0 Å². The summed E-state index contributed by atoms with van der Waals surface area (Å²) in [5.74, 6) is 5.26. The fourth-order valence-electron chi connectivity index (χ4n) is 3.39. The van der Waals surface area contributed by atoms with Crippen LogP contribution in [0.25, 0.3) is 0 Å². The van der Waals surface area contributed by atoms with Crippen molar-refractivity contribution >= 4 is 6.09 Å². The van der Waals surface area contributed by atoms with Crippen molar-refractivity contribution in [1.82, 2.24) is 4.90 Å². The summed E-state index contributed by atoms with van der Waals surface area (Å²) in [7, 11) is 0. The van der Waals surface area contributed by atoms with E-state index in [0.717, 1.165) is 12.8 Å². The molecule has 0 saturated carbocycles. The quantitative estimate of drug-likeness (QED) is 0.720. The van der Waals surface area contributed by atoms with Crippen LogP contribution < -0.4 is 0 Å². The molecule has 4 nitrogen and oxygen atoms in total. The van der Waals surface area contributed by atoms with E-state index in [-0.39, 0.29) is 17.9 Å². The third kappa shape index (κ3) is 2.72. The maximum atomic E-state index is 13.1. The number of hydrogen-bond donors (Lipinski definition) is 2. The van der Waals surface area contributed by atoms with Gasteiger partial charge in [0.2, 0.25) is 0 Å². The molecule has 2 saturated heterocycles. The van der Waals surface area contributed by atoms with Gasteiger partial charge in [0, 0.05) is 30.5 Å². The van der Waals surface area contributed by atoms with Gasteiger partial charge in [0.25, 0.3) is 0 Å². The monoisotopic (exact) mass is 289 g/mol. The molecule has 3 rings (SSSR count). The van der Waals surface area contributed by atoms with Crippen molar-refractivity contribution in [3.05, 3.63) is 35.6 Å². The van der Waals surface area contributed by atoms with Gasteiger partial charge in [-0.3, -0.25) is 0 Å². The summed E-state index contributed by atoms with van der Waals surface area (Å²) in [6.07, 6.45) is 1.24. The molecule has 2 N–H and O–H groups in total. The Morgan fingerprint density at radius 1 is 1.33 bits per heavy atom. The van der Waals surface area contributed by atoms with Gasteiger partial charge in [0.15, 0.2) is 0 Å². The van der Waals surface area contributed by atoms with E-state index in [0.29, 0.717) is 18.4 Å². The first-order valence-electron chi connectivity index (χ1n) is 6.99. The standard InChI is InChI=1S/C16H16FNO3/c17-12-3-1-2-11(8-12)6-7-16(21)9-13-4-5-14(10-16)18(13)15(19)20/h1-3,8,13-14,21H,4-5,9-10H2,(H,19,20). The van der Waals surface area contributed by atoms with Crippen LogP contribution in [0.4, 0.5) is 9.18 Å². The number of halogens is 1. The normalized spacial score (nSPS) is 30.7. The molecule has 2 atom stereocenters. The van der Waals surface area contributed by atoms with Gasteiger partial charge >= 0.3 is 6.09 Å². The summed E-state index contributed by atoms with van der Waals surface area (Å²) in [6.45, 7) is 0. The highest BCUT2D eigenvalue weighted by Gasteiger charge is 2.48. The third-order valence-corrected chi connectivity index (χ3v) is 4.25. The minimum absolute atomic E-state index is 0.173. The number of carbonyl (C=O) groups is 1. The molecule has 1 amide bonds. The highest BCUT2D eigenvalue weighted by molar-refractivity contribution is 5.67. The number of fused-ring (bicyclic) bond motifs is 2. The van der Waals surface area contributed by atoms with E-state index in [4.69, 9.17) is 0 Å². The van der Waals surface area contributed by atoms with Crippen molar-refractivity contribution in [3.63, 3.8) is 0 Å². The van der Waals surface area contributed by atoms with Crippen LogP contribution in [0.1, 0.15) is 31.2 Å². The van der Waals surface area contributed by atoms with Crippen molar-refractivity contribution in [3.8, 4) is 11.8 Å². The lowest BCUT2D eigenvalue weighted by Gasteiger charge is -2.39. The summed E-state index contributed by atoms with van der Waals surface area (Å²) in [4.78, 5) is 12.7. The minimum Gasteiger partial charge on any atom is -0.465 e. The first-order valence-corrected chi connectivity index (χ1v) is 6.99. The van der Waals surface area contributed by atoms with Crippen LogP contribution in [-0.2, 0) is 0 Å². The van der Waals surface area contributed by atoms with Crippen LogP contribution in [0, 0.1) is 17.7 Å². The van der Waals surface area contributed by atoms with Gasteiger partial charge in [-0.05, 0) is 31.0 Å². The molecular weight excluding hydrogens is 273 g/mol. The van der Waals surface area contributed by atoms with Gasteiger partial charge in [-0.25, -0.2) is 9.18 Å². The second kappa shape index (κ2) is 5.05. The Hall–Kier alpha value is -2.06. The Morgan fingerprint density at radius 2 is 2.00 bits per heavy atom. The maximum absolute atomic E-state index is 13.1. The van der Waals surface area contributed by atoms with E-state index in [2.05, 4.69) is 11.8 Å². The van der Waals surface area contributed by atoms with Crippen LogP contribution in [-0.4, -0.2) is 38.9 Å². The lowest BCUT2D eigenvalue weighted by Crippen LogP contribution is -2.52. The Morgan fingerprint density at radius 3 is 2.57 bits per heavy atom. The third-order valence-electron chi connectivity index (χ3n) is 4.25. The predicted octanol–water partition coefficient (Wildman–Crippen LogP) is 2.21. The minimum atomic E-state index is -1.19. The Balaban J connectivity index is 1.80. The number of amides is 1. The largest absolute Gasteiger partial charge is 0.465 e. The number of hydrogen-bond acceptors (Lipinski definition) is 2. The molecule has 2 unspecified atom stereocenters. The molecule has 0 aromatic heterocycles. The predicted molar refractivity (Wildman–Crippen MR) is 74.1 cm³/mol. The molecule has 21 heavy (non-hydrogen) atoms. The Bertz CT molecular complexity index is 620. The molecule has 2 heterocycles. The summed E-state index contributed by atoms with van der Waals surface area (Å²) >= 11 is 0. The van der Waals surface area contributed by atoms with E-state index >= 15 is 0 Å². The molecule has 0 radical (unpaired) electrons. The van der Waals surface area contributed by atoms with Gasteiger partial charge in [-0.2, -0.15) is 0 Å². The molecular formula is C16H16FNO3. The molecule has 1 aromatic rings. The number of benzene rings is 1. The molecule has 2 aliphatic rings. The fourth-order valence-corrected chi connectivity index (χ4v) is 3.39. The average molecular weight is 289 g/mol. The molecule has 0 spiro atoms. The molecule has 110 valence electrons. The molecule has 2 bridgehead atoms. The van der Waals surface area contributed by atoms with Gasteiger partial charge in [0.05, 0.1) is 0 Å². The van der Waals surface area contributed by atoms with Crippen molar-refractivity contribution in [2.45, 2.75) is 43.4 Å². The Kier molecular flexibility index (Phi) is 3.34. The molecule has 1 aromatic carbocycles. The zero-order valence-corrected chi connectivity index (χ0v) is 11.4. The summed E-state index contributed by atoms with van der Waals surface area (Å²) in [6, 6.07) is 5.56. The summed E-state index contributed by atoms with van der Waals surface area (Å²) in [5, 5.41) is 19.8. The summed E-state index contributed by atoms with van der Waals surface area (Å²) < 4.78 is 13.1. The van der Waals surface area contributed by atoms with Crippen molar-refractivity contribution in [2.75, 3.05) is 0 Å². The molecule has 5 heteroatoms. The average Bonchev–Trinajstić information content (AvgIpc) is 2.71. The highest BCUT2D eigenvalue weighted by Crippen LogP contribution is 2.40. The number of piperidine rings is 1. The lowest BCUT2D eigenvalue weighted by molar-refractivity contribution is -0.00378. The SMILES string of the molecule is O=C(O)N1C2CCC1CC(O)(C#Cc1cccc(F)c1)C2. The second-order valence-electron chi connectivity index (χ2n) is 5.78. The first kappa shape index (κ1) is 13.9. The zero-order valence-electron chi connectivity index (χ0n) is 11.4. The number of rotatable bonds is 0. The number of aliphatic hydroxyl groups is 1. The van der Waals surface area contributed by atoms with Crippen LogP contribution in [0.2, 0.25) is 0 Å². The van der Waals surface area contributed by atoms with Crippen LogP contribution in [0.15, 0.2) is 24.3 Å². The topological polar surface area (TPSA) is 60.8 Å². The van der Waals surface area contributed by atoms with E-state index < -0.39 is 11.7 Å². The van der Waals surface area contributed by atoms with Crippen molar-refractivity contribution in [2.24, 2.45) is 0 Å². The van der Waals surface area contributed by atoms with E-state index in [1.165, 1.54) is 17.0 Å². The maximum Gasteiger partial charge on any atom is 0.407 e. The van der Waals surface area contributed by atoms with Crippen LogP contribution in [0.5, 0.6) is 0 Å². The van der Waals surface area contributed by atoms with Gasteiger partial charge in [0.1, 0.15) is 11.4 Å². The highest BCUT2D eigenvalue weighted by atomic mass is 19.1. The number of nitrogens with zero attached hydrogens (tertiary/aromatic N) is 1. The number of carboxylic acid groups (broad SMARTS) is 1. The van der Waals surface area contributed by atoms with Gasteiger partial charge in [-0.1, -0.05) is 17.9 Å². The summed E-state index contributed by atoms with van der Waals surface area (Å²) in [5.41, 5.74) is -0.680. The van der Waals surface area contributed by atoms with Gasteiger partial charge in [-0.15, -0.1) is 0 Å². The van der Waals surface area contributed by atoms with Crippen molar-refractivity contribution < 1.29 is 19.4 Å². The van der Waals surface area contributed by atoms with Crippen LogP contribution >= 0.6 is 0 Å². The second-order valence-corrected chi connectivity index (χ2v) is 5.78. The van der Waals surface area contributed by atoms with E-state index in [9.17, 15) is 19.4 Å². The molecule has 2 fully saturated rings. The zero-order chi connectivity index (χ0) is 15.0.